The smallest absolute Gasteiger partial charge is 0.173 e. The largest absolute Gasteiger partial charge is 0.457 e. The highest BCUT2D eigenvalue weighted by atomic mass is 79.9. The van der Waals surface area contributed by atoms with E-state index in [4.69, 9.17) is 4.42 Å². The molecule has 0 bridgehead atoms. The number of rotatable bonds is 5. The summed E-state index contributed by atoms with van der Waals surface area (Å²) in [6.07, 6.45) is 1.69. The number of halogens is 1. The quantitative estimate of drug-likeness (QED) is 0.802. The lowest BCUT2D eigenvalue weighted by atomic mass is 10.3. The molecule has 0 amide bonds. The minimum Gasteiger partial charge on any atom is -0.457 e. The van der Waals surface area contributed by atoms with Crippen molar-refractivity contribution in [2.45, 2.75) is 6.54 Å². The number of likely N-dealkylation sites (N-methyl/N-ethyl adjacent to an activating group) is 1. The normalized spacial score (nSPS) is 11.1. The highest BCUT2D eigenvalue weighted by Crippen LogP contribution is 2.16. The Kier molecular flexibility index (Phi) is 4.48. The van der Waals surface area contributed by atoms with E-state index in [1.807, 2.05) is 6.07 Å². The zero-order valence-corrected chi connectivity index (χ0v) is 9.60. The van der Waals surface area contributed by atoms with E-state index >= 15 is 0 Å². The number of furan rings is 1. The molecule has 0 radical (unpaired) electrons. The summed E-state index contributed by atoms with van der Waals surface area (Å²) < 4.78 is 5.93. The summed E-state index contributed by atoms with van der Waals surface area (Å²) in [5.74, 6) is 0. The third-order valence-corrected chi connectivity index (χ3v) is 2.44. The van der Waals surface area contributed by atoms with Gasteiger partial charge < -0.3 is 14.6 Å². The van der Waals surface area contributed by atoms with Crippen molar-refractivity contribution in [3.63, 3.8) is 0 Å². The Labute approximate surface area is 87.2 Å². The number of nitrogens with one attached hydrogen (secondary N) is 1. The molecule has 0 saturated carbocycles. The molecule has 0 unspecified atom stereocenters. The Morgan fingerprint density at radius 1 is 1.54 bits per heavy atom. The average molecular weight is 247 g/mol. The van der Waals surface area contributed by atoms with Crippen LogP contribution in [0.4, 0.5) is 0 Å². The molecule has 1 aromatic rings. The van der Waals surface area contributed by atoms with Gasteiger partial charge in [-0.3, -0.25) is 0 Å². The molecular formula is C9H15BrN2O. The zero-order valence-electron chi connectivity index (χ0n) is 8.01. The second-order valence-corrected chi connectivity index (χ2v) is 3.92. The Hall–Kier alpha value is -0.320. The summed E-state index contributed by atoms with van der Waals surface area (Å²) in [4.78, 5) is 2.15. The number of hydrogen-bond donors (Lipinski definition) is 1. The van der Waals surface area contributed by atoms with Crippen molar-refractivity contribution in [3.05, 3.63) is 22.6 Å². The van der Waals surface area contributed by atoms with E-state index < -0.39 is 0 Å². The van der Waals surface area contributed by atoms with Crippen LogP contribution in [0.15, 0.2) is 21.4 Å². The predicted molar refractivity (Wildman–Crippen MR) is 56.7 cm³/mol. The van der Waals surface area contributed by atoms with Gasteiger partial charge in [-0.05, 0) is 36.1 Å². The molecule has 1 N–H and O–H groups in total. The van der Waals surface area contributed by atoms with E-state index in [9.17, 15) is 0 Å². The van der Waals surface area contributed by atoms with E-state index in [2.05, 4.69) is 40.2 Å². The van der Waals surface area contributed by atoms with Crippen molar-refractivity contribution in [2.24, 2.45) is 0 Å². The molecule has 1 aromatic heterocycles. The molecule has 13 heavy (non-hydrogen) atoms. The van der Waals surface area contributed by atoms with Crippen LogP contribution in [0, 0.1) is 0 Å². The first kappa shape index (κ1) is 10.8. The van der Waals surface area contributed by atoms with E-state index in [-0.39, 0.29) is 0 Å². The lowest BCUT2D eigenvalue weighted by Gasteiger charge is -2.09. The van der Waals surface area contributed by atoms with Crippen molar-refractivity contribution in [2.75, 3.05) is 27.2 Å². The van der Waals surface area contributed by atoms with E-state index in [0.29, 0.717) is 0 Å². The fourth-order valence-electron chi connectivity index (χ4n) is 0.971. The number of hydrogen-bond acceptors (Lipinski definition) is 3. The maximum absolute atomic E-state index is 5.11. The Morgan fingerprint density at radius 2 is 2.31 bits per heavy atom. The van der Waals surface area contributed by atoms with Crippen molar-refractivity contribution < 1.29 is 4.42 Å². The molecule has 1 heterocycles. The Bertz CT molecular complexity index is 248. The molecule has 0 aliphatic rings. The van der Waals surface area contributed by atoms with Gasteiger partial charge in [0.05, 0.1) is 6.26 Å². The second kappa shape index (κ2) is 5.42. The summed E-state index contributed by atoms with van der Waals surface area (Å²) in [5.41, 5.74) is 1.17. The van der Waals surface area contributed by atoms with Gasteiger partial charge in [-0.1, -0.05) is 0 Å². The minimum absolute atomic E-state index is 0.824. The Balaban J connectivity index is 2.17. The zero-order chi connectivity index (χ0) is 9.68. The van der Waals surface area contributed by atoms with E-state index in [1.54, 1.807) is 6.26 Å². The molecule has 0 aromatic carbocycles. The Morgan fingerprint density at radius 3 is 2.85 bits per heavy atom. The van der Waals surface area contributed by atoms with E-state index in [1.165, 1.54) is 5.56 Å². The van der Waals surface area contributed by atoms with Crippen LogP contribution in [0.1, 0.15) is 5.56 Å². The van der Waals surface area contributed by atoms with Gasteiger partial charge in [0.1, 0.15) is 0 Å². The highest BCUT2D eigenvalue weighted by Gasteiger charge is 2.00. The second-order valence-electron chi connectivity index (χ2n) is 3.20. The van der Waals surface area contributed by atoms with Crippen LogP contribution in [-0.2, 0) is 6.54 Å². The van der Waals surface area contributed by atoms with Crippen LogP contribution in [0.3, 0.4) is 0 Å². The molecule has 0 atom stereocenters. The van der Waals surface area contributed by atoms with Crippen LogP contribution >= 0.6 is 15.9 Å². The monoisotopic (exact) mass is 246 g/mol. The van der Waals surface area contributed by atoms with Crippen molar-refractivity contribution in [1.82, 2.24) is 10.2 Å². The van der Waals surface area contributed by atoms with Crippen LogP contribution < -0.4 is 5.32 Å². The molecule has 1 rings (SSSR count). The first-order valence-electron chi connectivity index (χ1n) is 4.27. The fourth-order valence-corrected chi connectivity index (χ4v) is 1.35. The van der Waals surface area contributed by atoms with Crippen LogP contribution in [0.25, 0.3) is 0 Å². The van der Waals surface area contributed by atoms with Gasteiger partial charge in [-0.15, -0.1) is 0 Å². The molecule has 4 heteroatoms. The lowest BCUT2D eigenvalue weighted by Crippen LogP contribution is -2.26. The van der Waals surface area contributed by atoms with Gasteiger partial charge in [0, 0.05) is 25.2 Å². The van der Waals surface area contributed by atoms with E-state index in [0.717, 1.165) is 24.3 Å². The third-order valence-electron chi connectivity index (χ3n) is 1.74. The topological polar surface area (TPSA) is 28.4 Å². The lowest BCUT2D eigenvalue weighted by molar-refractivity contribution is 0.399. The summed E-state index contributed by atoms with van der Waals surface area (Å²) in [5, 5.41) is 3.33. The maximum atomic E-state index is 5.11. The first-order valence-corrected chi connectivity index (χ1v) is 5.07. The van der Waals surface area contributed by atoms with Gasteiger partial charge in [0.2, 0.25) is 0 Å². The molecular weight excluding hydrogens is 232 g/mol. The van der Waals surface area contributed by atoms with Gasteiger partial charge in [-0.2, -0.15) is 0 Å². The van der Waals surface area contributed by atoms with Gasteiger partial charge >= 0.3 is 0 Å². The van der Waals surface area contributed by atoms with Gasteiger partial charge in [0.25, 0.3) is 0 Å². The molecule has 0 fully saturated rings. The minimum atomic E-state index is 0.824. The molecule has 0 spiro atoms. The molecule has 0 aliphatic heterocycles. The van der Waals surface area contributed by atoms with Crippen molar-refractivity contribution >= 4 is 15.9 Å². The molecule has 74 valence electrons. The maximum Gasteiger partial charge on any atom is 0.173 e. The first-order chi connectivity index (χ1) is 6.20. The molecule has 0 saturated heterocycles. The van der Waals surface area contributed by atoms with Gasteiger partial charge in [0.15, 0.2) is 4.67 Å². The van der Waals surface area contributed by atoms with Crippen LogP contribution in [0.5, 0.6) is 0 Å². The molecule has 3 nitrogen and oxygen atoms in total. The fraction of sp³-hybridized carbons (Fsp3) is 0.556. The summed E-state index contributed by atoms with van der Waals surface area (Å²) in [6, 6.07) is 1.97. The van der Waals surface area contributed by atoms with Crippen LogP contribution in [-0.4, -0.2) is 32.1 Å². The van der Waals surface area contributed by atoms with Crippen molar-refractivity contribution in [3.8, 4) is 0 Å². The average Bonchev–Trinajstić information content (AvgIpc) is 2.45. The SMILES string of the molecule is CN(C)CCNCc1ccoc1Br. The highest BCUT2D eigenvalue weighted by molar-refractivity contribution is 9.10. The predicted octanol–water partition coefficient (Wildman–Crippen LogP) is 1.69. The van der Waals surface area contributed by atoms with Crippen molar-refractivity contribution in [1.29, 1.82) is 0 Å². The van der Waals surface area contributed by atoms with Gasteiger partial charge in [-0.25, -0.2) is 0 Å². The number of nitrogens with zero attached hydrogens (tertiary/aromatic N) is 1. The third kappa shape index (κ3) is 3.93. The summed E-state index contributed by atoms with van der Waals surface area (Å²) in [7, 11) is 4.13. The molecule has 0 aliphatic carbocycles. The van der Waals surface area contributed by atoms with Crippen LogP contribution in [0.2, 0.25) is 0 Å². The summed E-state index contributed by atoms with van der Waals surface area (Å²) >= 11 is 3.33. The summed E-state index contributed by atoms with van der Waals surface area (Å²) in [6.45, 7) is 2.89. The standard InChI is InChI=1S/C9H15BrN2O/c1-12(2)5-4-11-7-8-3-6-13-9(8)10/h3,6,11H,4-5,7H2,1-2H3.